The van der Waals surface area contributed by atoms with E-state index in [1.54, 1.807) is 0 Å². The Kier molecular flexibility index (Phi) is 4.62. The number of anilines is 1. The summed E-state index contributed by atoms with van der Waals surface area (Å²) in [7, 11) is 2.14. The monoisotopic (exact) mass is 311 g/mol. The number of likely N-dealkylation sites (tertiary alicyclic amines) is 1. The van der Waals surface area contributed by atoms with Gasteiger partial charge in [-0.1, -0.05) is 6.92 Å². The molecule has 1 fully saturated rings. The molecule has 0 radical (unpaired) electrons. The number of nitrogens with zero attached hydrogens (tertiary/aromatic N) is 3. The van der Waals surface area contributed by atoms with Crippen molar-refractivity contribution >= 4 is 21.7 Å². The summed E-state index contributed by atoms with van der Waals surface area (Å²) in [5.41, 5.74) is 1.05. The molecule has 1 aliphatic rings. The molecule has 0 amide bonds. The highest BCUT2D eigenvalue weighted by Gasteiger charge is 2.24. The Labute approximate surface area is 118 Å². The number of hydrogen-bond donors (Lipinski definition) is 0. The zero-order valence-electron chi connectivity index (χ0n) is 11.5. The van der Waals surface area contributed by atoms with Gasteiger partial charge in [0.15, 0.2) is 0 Å². The van der Waals surface area contributed by atoms with Gasteiger partial charge in [0.05, 0.1) is 5.69 Å². The summed E-state index contributed by atoms with van der Waals surface area (Å²) in [5, 5.41) is 0. The molecule has 2 heterocycles. The minimum absolute atomic E-state index is 0.686. The van der Waals surface area contributed by atoms with E-state index >= 15 is 0 Å². The first kappa shape index (κ1) is 13.8. The van der Waals surface area contributed by atoms with Crippen molar-refractivity contribution in [1.29, 1.82) is 0 Å². The first-order valence-corrected chi connectivity index (χ1v) is 7.49. The van der Waals surface area contributed by atoms with Gasteiger partial charge < -0.3 is 4.90 Å². The van der Waals surface area contributed by atoms with Crippen molar-refractivity contribution in [2.75, 3.05) is 31.6 Å². The number of aromatic nitrogens is 1. The minimum Gasteiger partial charge on any atom is -0.358 e. The van der Waals surface area contributed by atoms with E-state index in [0.29, 0.717) is 6.04 Å². The van der Waals surface area contributed by atoms with Crippen LogP contribution in [0.3, 0.4) is 0 Å². The third kappa shape index (κ3) is 3.04. The summed E-state index contributed by atoms with van der Waals surface area (Å²) in [5.74, 6) is 1.07. The molecule has 1 aromatic heterocycles. The standard InChI is InChI=1S/C14H22BrN3/c1-4-18-9-5-6-12(18)10-17(3)14-8-7-13(15)11(2)16-14/h7-8,12H,4-6,9-10H2,1-3H3. The van der Waals surface area contributed by atoms with Crippen LogP contribution in [0.5, 0.6) is 0 Å². The van der Waals surface area contributed by atoms with Crippen molar-refractivity contribution in [1.82, 2.24) is 9.88 Å². The maximum atomic E-state index is 4.63. The van der Waals surface area contributed by atoms with Crippen LogP contribution in [0.4, 0.5) is 5.82 Å². The minimum atomic E-state index is 0.686. The smallest absolute Gasteiger partial charge is 0.128 e. The topological polar surface area (TPSA) is 19.4 Å². The van der Waals surface area contributed by atoms with Crippen molar-refractivity contribution in [3.05, 3.63) is 22.3 Å². The predicted octanol–water partition coefficient (Wildman–Crippen LogP) is 3.07. The molecule has 0 aliphatic carbocycles. The fourth-order valence-corrected chi connectivity index (χ4v) is 2.89. The van der Waals surface area contributed by atoms with E-state index in [1.165, 1.54) is 19.4 Å². The lowest BCUT2D eigenvalue weighted by Gasteiger charge is -2.28. The lowest BCUT2D eigenvalue weighted by Crippen LogP contribution is -2.39. The number of halogens is 1. The number of aryl methyl sites for hydroxylation is 1. The molecule has 0 aromatic carbocycles. The Hall–Kier alpha value is -0.610. The normalized spacial score (nSPS) is 20.3. The van der Waals surface area contributed by atoms with Gasteiger partial charge in [0, 0.05) is 24.1 Å². The summed E-state index contributed by atoms with van der Waals surface area (Å²) >= 11 is 3.50. The molecule has 1 aliphatic heterocycles. The summed E-state index contributed by atoms with van der Waals surface area (Å²) in [4.78, 5) is 9.47. The molecule has 1 saturated heterocycles. The zero-order valence-corrected chi connectivity index (χ0v) is 13.1. The van der Waals surface area contributed by atoms with Gasteiger partial charge >= 0.3 is 0 Å². The summed E-state index contributed by atoms with van der Waals surface area (Å²) in [6, 6.07) is 4.86. The maximum absolute atomic E-state index is 4.63. The largest absolute Gasteiger partial charge is 0.358 e. The molecule has 1 atom stereocenters. The molecule has 0 N–H and O–H groups in total. The predicted molar refractivity (Wildman–Crippen MR) is 80.2 cm³/mol. The van der Waals surface area contributed by atoms with Crippen LogP contribution in [0.1, 0.15) is 25.5 Å². The second-order valence-corrected chi connectivity index (χ2v) is 5.90. The fraction of sp³-hybridized carbons (Fsp3) is 0.643. The van der Waals surface area contributed by atoms with Crippen molar-refractivity contribution in [2.45, 2.75) is 32.7 Å². The van der Waals surface area contributed by atoms with Crippen LogP contribution in [0.25, 0.3) is 0 Å². The Balaban J connectivity index is 2.02. The van der Waals surface area contributed by atoms with Gasteiger partial charge in [-0.3, -0.25) is 4.90 Å². The molecular weight excluding hydrogens is 290 g/mol. The van der Waals surface area contributed by atoms with Crippen molar-refractivity contribution < 1.29 is 0 Å². The first-order valence-electron chi connectivity index (χ1n) is 6.70. The Morgan fingerprint density at radius 1 is 1.50 bits per heavy atom. The van der Waals surface area contributed by atoms with Crippen molar-refractivity contribution in [3.63, 3.8) is 0 Å². The molecule has 18 heavy (non-hydrogen) atoms. The SMILES string of the molecule is CCN1CCCC1CN(C)c1ccc(Br)c(C)n1. The van der Waals surface area contributed by atoms with Gasteiger partial charge in [0.1, 0.15) is 5.82 Å². The van der Waals surface area contributed by atoms with Gasteiger partial charge in [-0.15, -0.1) is 0 Å². The Morgan fingerprint density at radius 3 is 2.94 bits per heavy atom. The number of hydrogen-bond acceptors (Lipinski definition) is 3. The van der Waals surface area contributed by atoms with Gasteiger partial charge in [-0.25, -0.2) is 4.98 Å². The first-order chi connectivity index (χ1) is 8.61. The second kappa shape index (κ2) is 6.02. The molecule has 0 spiro atoms. The number of pyridine rings is 1. The highest BCUT2D eigenvalue weighted by atomic mass is 79.9. The highest BCUT2D eigenvalue weighted by Crippen LogP contribution is 2.21. The average Bonchev–Trinajstić information content (AvgIpc) is 2.79. The van der Waals surface area contributed by atoms with E-state index in [-0.39, 0.29) is 0 Å². The van der Waals surface area contributed by atoms with Gasteiger partial charge in [-0.05, 0) is 60.9 Å². The van der Waals surface area contributed by atoms with Crippen LogP contribution in [-0.2, 0) is 0 Å². The molecule has 1 unspecified atom stereocenters. The van der Waals surface area contributed by atoms with Crippen LogP contribution < -0.4 is 4.90 Å². The molecule has 0 saturated carbocycles. The van der Waals surface area contributed by atoms with E-state index < -0.39 is 0 Å². The summed E-state index contributed by atoms with van der Waals surface area (Å²) < 4.78 is 1.08. The Morgan fingerprint density at radius 2 is 2.28 bits per heavy atom. The van der Waals surface area contributed by atoms with E-state index in [9.17, 15) is 0 Å². The molecule has 3 nitrogen and oxygen atoms in total. The molecular formula is C14H22BrN3. The van der Waals surface area contributed by atoms with Crippen LogP contribution in [0.15, 0.2) is 16.6 Å². The zero-order chi connectivity index (χ0) is 13.1. The quantitative estimate of drug-likeness (QED) is 0.852. The third-order valence-corrected chi connectivity index (χ3v) is 4.63. The van der Waals surface area contributed by atoms with Crippen molar-refractivity contribution in [3.8, 4) is 0 Å². The lowest BCUT2D eigenvalue weighted by atomic mass is 10.2. The molecule has 0 bridgehead atoms. The average molecular weight is 312 g/mol. The molecule has 4 heteroatoms. The number of likely N-dealkylation sites (N-methyl/N-ethyl adjacent to an activating group) is 2. The van der Waals surface area contributed by atoms with Gasteiger partial charge in [0.2, 0.25) is 0 Å². The molecule has 2 rings (SSSR count). The third-order valence-electron chi connectivity index (χ3n) is 3.79. The van der Waals surface area contributed by atoms with Crippen LogP contribution in [-0.4, -0.2) is 42.6 Å². The van der Waals surface area contributed by atoms with E-state index in [0.717, 1.165) is 29.1 Å². The summed E-state index contributed by atoms with van der Waals surface area (Å²) in [6.45, 7) is 7.77. The van der Waals surface area contributed by atoms with E-state index in [2.05, 4.69) is 56.8 Å². The second-order valence-electron chi connectivity index (χ2n) is 5.04. The van der Waals surface area contributed by atoms with Crippen molar-refractivity contribution in [2.24, 2.45) is 0 Å². The van der Waals surface area contributed by atoms with Gasteiger partial charge in [0.25, 0.3) is 0 Å². The van der Waals surface area contributed by atoms with Crippen LogP contribution >= 0.6 is 15.9 Å². The molecule has 100 valence electrons. The maximum Gasteiger partial charge on any atom is 0.128 e. The Bertz CT molecular complexity index is 408. The number of rotatable bonds is 4. The van der Waals surface area contributed by atoms with E-state index in [1.807, 2.05) is 6.92 Å². The summed E-state index contributed by atoms with van der Waals surface area (Å²) in [6.07, 6.45) is 2.65. The highest BCUT2D eigenvalue weighted by molar-refractivity contribution is 9.10. The van der Waals surface area contributed by atoms with Crippen LogP contribution in [0, 0.1) is 6.92 Å². The van der Waals surface area contributed by atoms with E-state index in [4.69, 9.17) is 0 Å². The fourth-order valence-electron chi connectivity index (χ4n) is 2.67. The molecule has 1 aromatic rings. The van der Waals surface area contributed by atoms with Gasteiger partial charge in [-0.2, -0.15) is 0 Å². The van der Waals surface area contributed by atoms with Crippen LogP contribution in [0.2, 0.25) is 0 Å². The lowest BCUT2D eigenvalue weighted by molar-refractivity contribution is 0.270.